The van der Waals surface area contributed by atoms with Gasteiger partial charge in [0, 0.05) is 30.9 Å². The highest BCUT2D eigenvalue weighted by atomic mass is 19.4. The molecule has 0 unspecified atom stereocenters. The summed E-state index contributed by atoms with van der Waals surface area (Å²) >= 11 is 0. The van der Waals surface area contributed by atoms with Crippen molar-refractivity contribution in [2.24, 2.45) is 0 Å². The number of ether oxygens (including phenoxy) is 1. The van der Waals surface area contributed by atoms with Gasteiger partial charge in [0.2, 0.25) is 0 Å². The molecular formula is C19H18F3N3O2. The van der Waals surface area contributed by atoms with Gasteiger partial charge < -0.3 is 19.9 Å². The van der Waals surface area contributed by atoms with Gasteiger partial charge in [-0.1, -0.05) is 18.2 Å². The molecule has 3 rings (SSSR count). The Morgan fingerprint density at radius 3 is 2.44 bits per heavy atom. The van der Waals surface area contributed by atoms with E-state index < -0.39 is 17.8 Å². The number of methoxy groups -OCH3 is 1. The summed E-state index contributed by atoms with van der Waals surface area (Å²) in [5, 5.41) is 6.13. The first-order chi connectivity index (χ1) is 12.9. The van der Waals surface area contributed by atoms with Crippen molar-refractivity contribution in [3.63, 3.8) is 0 Å². The molecular weight excluding hydrogens is 359 g/mol. The van der Waals surface area contributed by atoms with Crippen LogP contribution in [0.4, 0.5) is 29.3 Å². The van der Waals surface area contributed by atoms with Gasteiger partial charge in [-0.15, -0.1) is 0 Å². The molecule has 3 aromatic rings. The minimum absolute atomic E-state index is 0.267. The number of nitrogens with zero attached hydrogens (tertiary/aromatic N) is 1. The lowest BCUT2D eigenvalue weighted by Gasteiger charge is -2.09. The third-order valence-corrected chi connectivity index (χ3v) is 4.04. The molecule has 5 nitrogen and oxygen atoms in total. The standard InChI is InChI=1S/C19H18F3N3O2/c1-27-11-10-25-12-16(15-4-2-3-5-17(15)25)24-18(26)23-14-8-6-13(7-9-14)19(20,21)22/h2-9,12H,10-11H2,1H3,(H2,23,24,26). The van der Waals surface area contributed by atoms with Gasteiger partial charge in [-0.25, -0.2) is 4.79 Å². The fourth-order valence-electron chi connectivity index (χ4n) is 2.75. The van der Waals surface area contributed by atoms with Crippen molar-refractivity contribution in [2.75, 3.05) is 24.4 Å². The fraction of sp³-hybridized carbons (Fsp3) is 0.211. The summed E-state index contributed by atoms with van der Waals surface area (Å²) in [7, 11) is 1.61. The summed E-state index contributed by atoms with van der Waals surface area (Å²) in [4.78, 5) is 12.3. The number of aromatic nitrogens is 1. The normalized spacial score (nSPS) is 11.6. The highest BCUT2D eigenvalue weighted by Gasteiger charge is 2.30. The second kappa shape index (κ2) is 7.71. The fourth-order valence-corrected chi connectivity index (χ4v) is 2.75. The van der Waals surface area contributed by atoms with Gasteiger partial charge in [0.15, 0.2) is 0 Å². The minimum atomic E-state index is -4.41. The van der Waals surface area contributed by atoms with E-state index in [1.165, 1.54) is 12.1 Å². The number of benzene rings is 2. The maximum Gasteiger partial charge on any atom is 0.416 e. The molecule has 0 fully saturated rings. The van der Waals surface area contributed by atoms with Gasteiger partial charge in [0.1, 0.15) is 0 Å². The van der Waals surface area contributed by atoms with Crippen LogP contribution in [0, 0.1) is 0 Å². The third-order valence-electron chi connectivity index (χ3n) is 4.04. The van der Waals surface area contributed by atoms with E-state index in [4.69, 9.17) is 4.74 Å². The van der Waals surface area contributed by atoms with E-state index in [0.29, 0.717) is 18.8 Å². The molecule has 1 aromatic heterocycles. The van der Waals surface area contributed by atoms with Crippen LogP contribution in [0.5, 0.6) is 0 Å². The number of para-hydroxylation sites is 1. The van der Waals surface area contributed by atoms with Crippen LogP contribution in [0.2, 0.25) is 0 Å². The number of alkyl halides is 3. The quantitative estimate of drug-likeness (QED) is 0.661. The van der Waals surface area contributed by atoms with E-state index in [0.717, 1.165) is 23.0 Å². The van der Waals surface area contributed by atoms with Gasteiger partial charge in [0.25, 0.3) is 0 Å². The number of halogens is 3. The number of carbonyl (C=O) groups is 1. The molecule has 0 saturated heterocycles. The number of anilines is 2. The first-order valence-electron chi connectivity index (χ1n) is 8.20. The Kier molecular flexibility index (Phi) is 5.36. The first kappa shape index (κ1) is 18.8. The monoisotopic (exact) mass is 377 g/mol. The van der Waals surface area contributed by atoms with Crippen LogP contribution >= 0.6 is 0 Å². The number of fused-ring (bicyclic) bond motifs is 1. The number of nitrogens with one attached hydrogen (secondary N) is 2. The molecule has 0 aliphatic carbocycles. The first-order valence-corrected chi connectivity index (χ1v) is 8.20. The molecule has 0 aliphatic heterocycles. The maximum absolute atomic E-state index is 12.6. The molecule has 1 heterocycles. The number of carbonyl (C=O) groups excluding carboxylic acids is 1. The third kappa shape index (κ3) is 4.40. The van der Waals surface area contributed by atoms with Crippen molar-refractivity contribution in [1.82, 2.24) is 4.57 Å². The van der Waals surface area contributed by atoms with Crippen molar-refractivity contribution in [3.8, 4) is 0 Å². The van der Waals surface area contributed by atoms with Gasteiger partial charge in [0.05, 0.1) is 23.4 Å². The summed E-state index contributed by atoms with van der Waals surface area (Å²) in [5.41, 5.74) is 1.05. The zero-order valence-corrected chi connectivity index (χ0v) is 14.5. The highest BCUT2D eigenvalue weighted by molar-refractivity contribution is 6.06. The predicted molar refractivity (Wildman–Crippen MR) is 97.9 cm³/mol. The molecule has 8 heteroatoms. The molecule has 27 heavy (non-hydrogen) atoms. The largest absolute Gasteiger partial charge is 0.416 e. The lowest BCUT2D eigenvalue weighted by molar-refractivity contribution is -0.137. The lowest BCUT2D eigenvalue weighted by atomic mass is 10.2. The van der Waals surface area contributed by atoms with Crippen LogP contribution in [0.3, 0.4) is 0 Å². The number of amides is 2. The van der Waals surface area contributed by atoms with E-state index in [1.807, 2.05) is 28.8 Å². The number of hydrogen-bond acceptors (Lipinski definition) is 2. The van der Waals surface area contributed by atoms with Crippen molar-refractivity contribution >= 4 is 28.3 Å². The number of rotatable bonds is 5. The number of hydrogen-bond donors (Lipinski definition) is 2. The Bertz CT molecular complexity index is 934. The van der Waals surface area contributed by atoms with Gasteiger partial charge in [-0.05, 0) is 30.3 Å². The van der Waals surface area contributed by atoms with Crippen molar-refractivity contribution < 1.29 is 22.7 Å². The molecule has 2 amide bonds. The van der Waals surface area contributed by atoms with Crippen molar-refractivity contribution in [2.45, 2.75) is 12.7 Å². The SMILES string of the molecule is COCCn1cc(NC(=O)Nc2ccc(C(F)(F)F)cc2)c2ccccc21. The van der Waals surface area contributed by atoms with Gasteiger partial charge >= 0.3 is 12.2 Å². The second-order valence-corrected chi connectivity index (χ2v) is 5.90. The van der Waals surface area contributed by atoms with Crippen molar-refractivity contribution in [3.05, 3.63) is 60.3 Å². The van der Waals surface area contributed by atoms with Gasteiger partial charge in [-0.2, -0.15) is 13.2 Å². The summed E-state index contributed by atoms with van der Waals surface area (Å²) in [6.45, 7) is 1.15. The van der Waals surface area contributed by atoms with E-state index in [9.17, 15) is 18.0 Å². The Labute approximate surface area is 153 Å². The molecule has 0 bridgehead atoms. The van der Waals surface area contributed by atoms with Crippen LogP contribution in [-0.2, 0) is 17.5 Å². The van der Waals surface area contributed by atoms with Crippen LogP contribution < -0.4 is 10.6 Å². The van der Waals surface area contributed by atoms with E-state index in [-0.39, 0.29) is 5.69 Å². The van der Waals surface area contributed by atoms with Crippen LogP contribution in [-0.4, -0.2) is 24.3 Å². The average Bonchev–Trinajstić information content (AvgIpc) is 2.97. The lowest BCUT2D eigenvalue weighted by Crippen LogP contribution is -2.19. The topological polar surface area (TPSA) is 55.3 Å². The average molecular weight is 377 g/mol. The molecule has 0 spiro atoms. The summed E-state index contributed by atoms with van der Waals surface area (Å²) in [6, 6.07) is 11.3. The van der Waals surface area contributed by atoms with E-state index in [1.54, 1.807) is 13.3 Å². The Balaban J connectivity index is 1.74. The number of urea groups is 1. The molecule has 142 valence electrons. The van der Waals surface area contributed by atoms with E-state index in [2.05, 4.69) is 10.6 Å². The second-order valence-electron chi connectivity index (χ2n) is 5.90. The molecule has 0 saturated carbocycles. The zero-order chi connectivity index (χ0) is 19.4. The zero-order valence-electron chi connectivity index (χ0n) is 14.5. The minimum Gasteiger partial charge on any atom is -0.383 e. The predicted octanol–water partition coefficient (Wildman–Crippen LogP) is 4.95. The molecule has 2 N–H and O–H groups in total. The molecule has 0 aliphatic rings. The van der Waals surface area contributed by atoms with Crippen LogP contribution in [0.15, 0.2) is 54.7 Å². The Morgan fingerprint density at radius 1 is 1.07 bits per heavy atom. The summed E-state index contributed by atoms with van der Waals surface area (Å²) in [6.07, 6.45) is -2.61. The highest BCUT2D eigenvalue weighted by Crippen LogP contribution is 2.30. The maximum atomic E-state index is 12.6. The van der Waals surface area contributed by atoms with Crippen LogP contribution in [0.25, 0.3) is 10.9 Å². The molecule has 2 aromatic carbocycles. The van der Waals surface area contributed by atoms with Crippen molar-refractivity contribution in [1.29, 1.82) is 0 Å². The molecule has 0 atom stereocenters. The molecule has 0 radical (unpaired) electrons. The van der Waals surface area contributed by atoms with Gasteiger partial charge in [-0.3, -0.25) is 0 Å². The van der Waals surface area contributed by atoms with Crippen LogP contribution in [0.1, 0.15) is 5.56 Å². The Morgan fingerprint density at radius 2 is 1.78 bits per heavy atom. The van der Waals surface area contributed by atoms with E-state index >= 15 is 0 Å². The summed E-state index contributed by atoms with van der Waals surface area (Å²) < 4.78 is 44.9. The summed E-state index contributed by atoms with van der Waals surface area (Å²) in [5.74, 6) is 0. The smallest absolute Gasteiger partial charge is 0.383 e. The Hall–Kier alpha value is -3.00.